The molecule has 1 unspecified atom stereocenters. The van der Waals surface area contributed by atoms with Crippen LogP contribution in [0.3, 0.4) is 0 Å². The molecule has 2 aromatic carbocycles. The van der Waals surface area contributed by atoms with Gasteiger partial charge in [-0.25, -0.2) is 0 Å². The first kappa shape index (κ1) is 13.8. The summed E-state index contributed by atoms with van der Waals surface area (Å²) in [6, 6.07) is 16.3. The summed E-state index contributed by atoms with van der Waals surface area (Å²) in [7, 11) is 0. The van der Waals surface area contributed by atoms with Crippen molar-refractivity contribution in [2.45, 2.75) is 10.9 Å². The minimum Gasteiger partial charge on any atom is -0.484 e. The summed E-state index contributed by atoms with van der Waals surface area (Å²) >= 11 is 1.87. The molecule has 0 bridgehead atoms. The molecule has 2 aromatic rings. The molecule has 21 heavy (non-hydrogen) atoms. The van der Waals surface area contributed by atoms with Crippen molar-refractivity contribution in [3.63, 3.8) is 0 Å². The number of fused-ring (bicyclic) bond motifs is 1. The number of rotatable bonds is 5. The molecule has 5 heteroatoms. The second-order valence-electron chi connectivity index (χ2n) is 4.83. The van der Waals surface area contributed by atoms with Crippen LogP contribution in [0.15, 0.2) is 53.4 Å². The zero-order valence-electron chi connectivity index (χ0n) is 11.4. The number of carbonyl (C=O) groups is 1. The summed E-state index contributed by atoms with van der Waals surface area (Å²) in [6.45, 7) is -0.0978. The molecule has 1 atom stereocenters. The number of benzene rings is 2. The number of amides is 1. The van der Waals surface area contributed by atoms with Crippen molar-refractivity contribution in [2.75, 3.05) is 17.7 Å². The molecule has 1 aliphatic rings. The van der Waals surface area contributed by atoms with Crippen molar-refractivity contribution in [2.24, 2.45) is 5.73 Å². The minimum absolute atomic E-state index is 0.0978. The van der Waals surface area contributed by atoms with E-state index in [0.29, 0.717) is 11.8 Å². The quantitative estimate of drug-likeness (QED) is 0.891. The van der Waals surface area contributed by atoms with Gasteiger partial charge in [-0.2, -0.15) is 0 Å². The fourth-order valence-electron chi connectivity index (χ4n) is 2.29. The van der Waals surface area contributed by atoms with Gasteiger partial charge in [-0.3, -0.25) is 4.79 Å². The van der Waals surface area contributed by atoms with E-state index < -0.39 is 5.91 Å². The summed E-state index contributed by atoms with van der Waals surface area (Å²) in [4.78, 5) is 12.0. The van der Waals surface area contributed by atoms with Gasteiger partial charge >= 0.3 is 0 Å². The maximum atomic E-state index is 10.7. The van der Waals surface area contributed by atoms with Crippen LogP contribution in [-0.2, 0) is 4.79 Å². The number of hydrogen-bond donors (Lipinski definition) is 2. The van der Waals surface area contributed by atoms with E-state index in [2.05, 4.69) is 29.6 Å². The molecule has 4 nitrogen and oxygen atoms in total. The van der Waals surface area contributed by atoms with Crippen LogP contribution < -0.4 is 15.8 Å². The first-order valence-electron chi connectivity index (χ1n) is 6.72. The summed E-state index contributed by atoms with van der Waals surface area (Å²) in [6.07, 6.45) is 0. The van der Waals surface area contributed by atoms with Gasteiger partial charge in [0.05, 0.1) is 6.04 Å². The van der Waals surface area contributed by atoms with Gasteiger partial charge in [-0.1, -0.05) is 18.2 Å². The molecule has 0 aliphatic carbocycles. The SMILES string of the molecule is NC(=O)COc1ccc(NC2CSc3ccccc32)cc1. The fraction of sp³-hybridized carbons (Fsp3) is 0.188. The van der Waals surface area contributed by atoms with Crippen LogP contribution >= 0.6 is 11.8 Å². The highest BCUT2D eigenvalue weighted by Crippen LogP contribution is 2.39. The number of ether oxygens (including phenoxy) is 1. The van der Waals surface area contributed by atoms with Crippen molar-refractivity contribution in [1.29, 1.82) is 0 Å². The van der Waals surface area contributed by atoms with E-state index in [9.17, 15) is 4.79 Å². The van der Waals surface area contributed by atoms with Crippen molar-refractivity contribution >= 4 is 23.4 Å². The van der Waals surface area contributed by atoms with Gasteiger partial charge in [0, 0.05) is 16.3 Å². The second-order valence-corrected chi connectivity index (χ2v) is 5.89. The molecule has 1 heterocycles. The Hall–Kier alpha value is -2.14. The van der Waals surface area contributed by atoms with Crippen LogP contribution in [0.2, 0.25) is 0 Å². The van der Waals surface area contributed by atoms with Crippen LogP contribution in [0.25, 0.3) is 0 Å². The van der Waals surface area contributed by atoms with Crippen LogP contribution in [0, 0.1) is 0 Å². The standard InChI is InChI=1S/C16H16N2O2S/c17-16(19)9-20-12-7-5-11(6-8-12)18-14-10-21-15-4-2-1-3-13(14)15/h1-8,14,18H,9-10H2,(H2,17,19). The largest absolute Gasteiger partial charge is 0.484 e. The molecule has 108 valence electrons. The molecule has 0 spiro atoms. The smallest absolute Gasteiger partial charge is 0.255 e. The predicted octanol–water partition coefficient (Wildman–Crippen LogP) is 2.81. The fourth-order valence-corrected chi connectivity index (χ4v) is 3.45. The first-order valence-corrected chi connectivity index (χ1v) is 7.70. The van der Waals surface area contributed by atoms with Gasteiger partial charge in [0.25, 0.3) is 5.91 Å². The van der Waals surface area contributed by atoms with Crippen molar-refractivity contribution in [1.82, 2.24) is 0 Å². The summed E-state index contributed by atoms with van der Waals surface area (Å²) in [5.74, 6) is 1.19. The molecule has 1 amide bonds. The van der Waals surface area contributed by atoms with Crippen molar-refractivity contribution in [3.05, 3.63) is 54.1 Å². The third-order valence-corrected chi connectivity index (χ3v) is 4.46. The topological polar surface area (TPSA) is 64.4 Å². The molecule has 1 aliphatic heterocycles. The predicted molar refractivity (Wildman–Crippen MR) is 84.7 cm³/mol. The Labute approximate surface area is 127 Å². The number of nitrogens with two attached hydrogens (primary N) is 1. The van der Waals surface area contributed by atoms with Gasteiger partial charge in [0.2, 0.25) is 0 Å². The molecule has 3 N–H and O–H groups in total. The van der Waals surface area contributed by atoms with Gasteiger partial charge in [-0.05, 0) is 35.9 Å². The Bertz CT molecular complexity index is 643. The summed E-state index contributed by atoms with van der Waals surface area (Å²) in [5, 5.41) is 3.52. The number of nitrogens with one attached hydrogen (secondary N) is 1. The number of primary amides is 1. The van der Waals surface area contributed by atoms with Gasteiger partial charge in [-0.15, -0.1) is 11.8 Å². The zero-order valence-corrected chi connectivity index (χ0v) is 12.2. The Morgan fingerprint density at radius 1 is 1.24 bits per heavy atom. The molecule has 0 saturated heterocycles. The van der Waals surface area contributed by atoms with E-state index in [1.54, 1.807) is 0 Å². The minimum atomic E-state index is -0.475. The van der Waals surface area contributed by atoms with E-state index in [1.807, 2.05) is 36.0 Å². The lowest BCUT2D eigenvalue weighted by Gasteiger charge is -2.15. The maximum absolute atomic E-state index is 10.7. The average Bonchev–Trinajstić information content (AvgIpc) is 2.90. The molecular weight excluding hydrogens is 284 g/mol. The van der Waals surface area contributed by atoms with Crippen LogP contribution in [0.5, 0.6) is 5.75 Å². The zero-order chi connectivity index (χ0) is 14.7. The lowest BCUT2D eigenvalue weighted by atomic mass is 10.1. The monoisotopic (exact) mass is 300 g/mol. The van der Waals surface area contributed by atoms with Gasteiger partial charge in [0.15, 0.2) is 6.61 Å². The molecular formula is C16H16N2O2S. The number of carbonyl (C=O) groups excluding carboxylic acids is 1. The average molecular weight is 300 g/mol. The van der Waals surface area contributed by atoms with E-state index in [1.165, 1.54) is 10.5 Å². The van der Waals surface area contributed by atoms with Crippen molar-refractivity contribution in [3.8, 4) is 5.75 Å². The molecule has 3 rings (SSSR count). The van der Waals surface area contributed by atoms with Crippen LogP contribution in [0.4, 0.5) is 5.69 Å². The number of hydrogen-bond acceptors (Lipinski definition) is 4. The van der Waals surface area contributed by atoms with E-state index in [0.717, 1.165) is 11.4 Å². The Morgan fingerprint density at radius 3 is 2.76 bits per heavy atom. The van der Waals surface area contributed by atoms with E-state index in [-0.39, 0.29) is 6.61 Å². The third-order valence-electron chi connectivity index (χ3n) is 3.28. The van der Waals surface area contributed by atoms with Crippen LogP contribution in [0.1, 0.15) is 11.6 Å². The number of thioether (sulfide) groups is 1. The lowest BCUT2D eigenvalue weighted by molar-refractivity contribution is -0.119. The second kappa shape index (κ2) is 6.10. The lowest BCUT2D eigenvalue weighted by Crippen LogP contribution is -2.20. The third kappa shape index (κ3) is 3.31. The van der Waals surface area contributed by atoms with Crippen LogP contribution in [-0.4, -0.2) is 18.3 Å². The molecule has 0 saturated carbocycles. The normalized spacial score (nSPS) is 16.3. The maximum Gasteiger partial charge on any atom is 0.255 e. The van der Waals surface area contributed by atoms with Gasteiger partial charge < -0.3 is 15.8 Å². The highest BCUT2D eigenvalue weighted by atomic mass is 32.2. The Morgan fingerprint density at radius 2 is 2.00 bits per heavy atom. The summed E-state index contributed by atoms with van der Waals surface area (Å²) < 4.78 is 5.24. The number of anilines is 1. The molecule has 0 fully saturated rings. The van der Waals surface area contributed by atoms with E-state index in [4.69, 9.17) is 10.5 Å². The molecule has 0 radical (unpaired) electrons. The van der Waals surface area contributed by atoms with E-state index >= 15 is 0 Å². The first-order chi connectivity index (χ1) is 10.2. The Balaban J connectivity index is 1.65. The molecule has 0 aromatic heterocycles. The summed E-state index contributed by atoms with van der Waals surface area (Å²) in [5.41, 5.74) is 7.42. The highest BCUT2D eigenvalue weighted by Gasteiger charge is 2.22. The Kier molecular flexibility index (Phi) is 4.01. The van der Waals surface area contributed by atoms with Gasteiger partial charge in [0.1, 0.15) is 5.75 Å². The van der Waals surface area contributed by atoms with Crippen molar-refractivity contribution < 1.29 is 9.53 Å². The highest BCUT2D eigenvalue weighted by molar-refractivity contribution is 7.99.